The second-order valence-corrected chi connectivity index (χ2v) is 4.27. The predicted octanol–water partition coefficient (Wildman–Crippen LogP) is 2.06. The van der Waals surface area contributed by atoms with Crippen LogP contribution in [0.5, 0.6) is 0 Å². The summed E-state index contributed by atoms with van der Waals surface area (Å²) in [5.41, 5.74) is 1.32. The summed E-state index contributed by atoms with van der Waals surface area (Å²) in [5.74, 6) is 0. The van der Waals surface area contributed by atoms with Crippen LogP contribution in [0.1, 0.15) is 31.2 Å². The zero-order valence-electron chi connectivity index (χ0n) is 9.33. The summed E-state index contributed by atoms with van der Waals surface area (Å²) < 4.78 is 5.50. The lowest BCUT2D eigenvalue weighted by Crippen LogP contribution is -2.42. The maximum absolute atomic E-state index is 5.50. The molecule has 1 aliphatic carbocycles. The van der Waals surface area contributed by atoms with E-state index in [0.717, 1.165) is 6.54 Å². The summed E-state index contributed by atoms with van der Waals surface area (Å²) in [7, 11) is 1.82. The van der Waals surface area contributed by atoms with Gasteiger partial charge in [0, 0.05) is 32.1 Å². The van der Waals surface area contributed by atoms with E-state index < -0.39 is 0 Å². The summed E-state index contributed by atoms with van der Waals surface area (Å²) in [6.07, 6.45) is 9.47. The van der Waals surface area contributed by atoms with E-state index in [-0.39, 0.29) is 0 Å². The molecule has 1 saturated carbocycles. The highest BCUT2D eigenvalue weighted by Crippen LogP contribution is 2.20. The van der Waals surface area contributed by atoms with Gasteiger partial charge in [-0.25, -0.2) is 0 Å². The molecule has 2 atom stereocenters. The minimum absolute atomic E-state index is 0.401. The summed E-state index contributed by atoms with van der Waals surface area (Å²) in [6.45, 7) is 0.939. The van der Waals surface area contributed by atoms with Crippen LogP contribution in [-0.4, -0.2) is 24.2 Å². The van der Waals surface area contributed by atoms with Crippen molar-refractivity contribution in [2.24, 2.45) is 0 Å². The van der Waals surface area contributed by atoms with Gasteiger partial charge >= 0.3 is 0 Å². The molecule has 0 amide bonds. The van der Waals surface area contributed by atoms with Crippen molar-refractivity contribution in [3.63, 3.8) is 0 Å². The number of hydrogen-bond donors (Lipinski definition) is 2. The Balaban J connectivity index is 1.81. The summed E-state index contributed by atoms with van der Waals surface area (Å²) in [4.78, 5) is 3.07. The molecule has 0 bridgehead atoms. The van der Waals surface area contributed by atoms with E-state index in [1.807, 2.05) is 19.5 Å². The second kappa shape index (κ2) is 5.33. The van der Waals surface area contributed by atoms with E-state index in [1.54, 1.807) is 0 Å². The average molecular weight is 208 g/mol. The minimum atomic E-state index is 0.401. The molecule has 1 aliphatic rings. The van der Waals surface area contributed by atoms with Gasteiger partial charge in [-0.1, -0.05) is 12.8 Å². The fourth-order valence-corrected chi connectivity index (χ4v) is 2.33. The van der Waals surface area contributed by atoms with Crippen LogP contribution in [0.2, 0.25) is 0 Å². The van der Waals surface area contributed by atoms with Gasteiger partial charge in [-0.05, 0) is 24.5 Å². The Hall–Kier alpha value is -0.800. The molecule has 2 unspecified atom stereocenters. The van der Waals surface area contributed by atoms with Gasteiger partial charge in [-0.15, -0.1) is 0 Å². The molecule has 1 fully saturated rings. The van der Waals surface area contributed by atoms with Crippen LogP contribution in [0.25, 0.3) is 0 Å². The number of ether oxygens (including phenoxy) is 1. The van der Waals surface area contributed by atoms with Crippen molar-refractivity contribution in [3.05, 3.63) is 24.0 Å². The van der Waals surface area contributed by atoms with Crippen molar-refractivity contribution < 1.29 is 4.74 Å². The lowest BCUT2D eigenvalue weighted by molar-refractivity contribution is 0.0413. The maximum atomic E-state index is 5.50. The second-order valence-electron chi connectivity index (χ2n) is 4.27. The smallest absolute Gasteiger partial charge is 0.0724 e. The predicted molar refractivity (Wildman–Crippen MR) is 60.7 cm³/mol. The molecule has 0 radical (unpaired) electrons. The van der Waals surface area contributed by atoms with Gasteiger partial charge in [0.1, 0.15) is 0 Å². The van der Waals surface area contributed by atoms with Crippen molar-refractivity contribution in [3.8, 4) is 0 Å². The fraction of sp³-hybridized carbons (Fsp3) is 0.667. The normalized spacial score (nSPS) is 26.7. The molecule has 1 heterocycles. The van der Waals surface area contributed by atoms with Gasteiger partial charge in [-0.2, -0.15) is 0 Å². The Morgan fingerprint density at radius 1 is 1.47 bits per heavy atom. The molecule has 84 valence electrons. The molecule has 2 N–H and O–H groups in total. The van der Waals surface area contributed by atoms with Gasteiger partial charge in [0.15, 0.2) is 0 Å². The highest BCUT2D eigenvalue weighted by molar-refractivity contribution is 5.08. The number of aromatic nitrogens is 1. The van der Waals surface area contributed by atoms with E-state index >= 15 is 0 Å². The van der Waals surface area contributed by atoms with Crippen LogP contribution < -0.4 is 5.32 Å². The van der Waals surface area contributed by atoms with Crippen molar-refractivity contribution in [1.82, 2.24) is 10.3 Å². The molecular weight excluding hydrogens is 188 g/mol. The highest BCUT2D eigenvalue weighted by atomic mass is 16.5. The molecule has 0 saturated heterocycles. The van der Waals surface area contributed by atoms with E-state index in [2.05, 4.69) is 16.4 Å². The molecule has 3 nitrogen and oxygen atoms in total. The van der Waals surface area contributed by atoms with Crippen LogP contribution in [0.15, 0.2) is 18.5 Å². The third-order valence-electron chi connectivity index (χ3n) is 3.24. The van der Waals surface area contributed by atoms with Gasteiger partial charge in [0.2, 0.25) is 0 Å². The lowest BCUT2D eigenvalue weighted by atomic mass is 9.92. The van der Waals surface area contributed by atoms with E-state index in [4.69, 9.17) is 4.74 Å². The van der Waals surface area contributed by atoms with Crippen LogP contribution in [0, 0.1) is 0 Å². The molecule has 0 spiro atoms. The number of rotatable bonds is 4. The van der Waals surface area contributed by atoms with Crippen molar-refractivity contribution >= 4 is 0 Å². The first-order valence-electron chi connectivity index (χ1n) is 5.78. The van der Waals surface area contributed by atoms with E-state index in [0.29, 0.717) is 12.1 Å². The van der Waals surface area contributed by atoms with Crippen molar-refractivity contribution in [2.45, 2.75) is 44.4 Å². The van der Waals surface area contributed by atoms with Crippen LogP contribution >= 0.6 is 0 Å². The van der Waals surface area contributed by atoms with Crippen LogP contribution in [-0.2, 0) is 11.3 Å². The topological polar surface area (TPSA) is 37.0 Å². The van der Waals surface area contributed by atoms with Crippen LogP contribution in [0.4, 0.5) is 0 Å². The zero-order valence-corrected chi connectivity index (χ0v) is 9.33. The molecular formula is C12H20N2O. The fourth-order valence-electron chi connectivity index (χ4n) is 2.33. The van der Waals surface area contributed by atoms with Crippen molar-refractivity contribution in [1.29, 1.82) is 0 Å². The maximum Gasteiger partial charge on any atom is 0.0724 e. The number of H-pyrrole nitrogens is 1. The third-order valence-corrected chi connectivity index (χ3v) is 3.24. The summed E-state index contributed by atoms with van der Waals surface area (Å²) in [6, 6.07) is 2.64. The van der Waals surface area contributed by atoms with Gasteiger partial charge in [0.05, 0.1) is 6.10 Å². The molecule has 1 aromatic rings. The largest absolute Gasteiger partial charge is 0.380 e. The lowest BCUT2D eigenvalue weighted by Gasteiger charge is -2.31. The van der Waals surface area contributed by atoms with E-state index in [1.165, 1.54) is 31.2 Å². The minimum Gasteiger partial charge on any atom is -0.380 e. The first-order valence-corrected chi connectivity index (χ1v) is 5.78. The van der Waals surface area contributed by atoms with Gasteiger partial charge < -0.3 is 15.0 Å². The molecule has 1 aromatic heterocycles. The molecule has 0 aromatic carbocycles. The van der Waals surface area contributed by atoms with Gasteiger partial charge in [-0.3, -0.25) is 0 Å². The monoisotopic (exact) mass is 208 g/mol. The highest BCUT2D eigenvalue weighted by Gasteiger charge is 2.23. The molecule has 2 rings (SSSR count). The summed E-state index contributed by atoms with van der Waals surface area (Å²) in [5, 5.41) is 3.58. The molecule has 3 heteroatoms. The van der Waals surface area contributed by atoms with E-state index in [9.17, 15) is 0 Å². The SMILES string of the molecule is COC1CCCCC1NCc1cc[nH]c1. The molecule has 15 heavy (non-hydrogen) atoms. The Bertz CT molecular complexity index is 271. The number of aromatic amines is 1. The Kier molecular flexibility index (Phi) is 3.80. The Labute approximate surface area is 91.2 Å². The zero-order chi connectivity index (χ0) is 10.5. The number of nitrogens with one attached hydrogen (secondary N) is 2. The number of methoxy groups -OCH3 is 1. The van der Waals surface area contributed by atoms with Gasteiger partial charge in [0.25, 0.3) is 0 Å². The first-order chi connectivity index (χ1) is 7.40. The molecule has 0 aliphatic heterocycles. The Morgan fingerprint density at radius 3 is 3.07 bits per heavy atom. The quantitative estimate of drug-likeness (QED) is 0.794. The van der Waals surface area contributed by atoms with Crippen LogP contribution in [0.3, 0.4) is 0 Å². The van der Waals surface area contributed by atoms with Crippen molar-refractivity contribution in [2.75, 3.05) is 7.11 Å². The Morgan fingerprint density at radius 2 is 2.33 bits per heavy atom. The third kappa shape index (κ3) is 2.83. The standard InChI is InChI=1S/C12H20N2O/c1-15-12-5-3-2-4-11(12)14-9-10-6-7-13-8-10/h6-8,11-14H,2-5,9H2,1H3. The number of hydrogen-bond acceptors (Lipinski definition) is 2. The average Bonchev–Trinajstić information content (AvgIpc) is 2.79. The first kappa shape index (κ1) is 10.7. The summed E-state index contributed by atoms with van der Waals surface area (Å²) >= 11 is 0.